The first-order chi connectivity index (χ1) is 18.1. The topological polar surface area (TPSA) is 0 Å². The van der Waals surface area contributed by atoms with Gasteiger partial charge in [-0.15, -0.1) is 69.1 Å². The Kier molecular flexibility index (Phi) is 11.8. The van der Waals surface area contributed by atoms with Crippen molar-refractivity contribution in [1.29, 1.82) is 0 Å². The summed E-state index contributed by atoms with van der Waals surface area (Å²) in [6.45, 7) is 13.5. The molecule has 6 aromatic rings. The van der Waals surface area contributed by atoms with Crippen molar-refractivity contribution in [3.8, 4) is 22.3 Å². The maximum Gasteiger partial charge on any atom is 4.00 e. The summed E-state index contributed by atoms with van der Waals surface area (Å²) < 4.78 is 0. The predicted octanol–water partition coefficient (Wildman–Crippen LogP) is 5.05. The van der Waals surface area contributed by atoms with E-state index in [4.69, 9.17) is 0 Å². The van der Waals surface area contributed by atoms with Crippen LogP contribution < -0.4 is 24.8 Å². The van der Waals surface area contributed by atoms with Gasteiger partial charge in [0.25, 0.3) is 0 Å². The molecule has 0 saturated carbocycles. The molecule has 0 radical (unpaired) electrons. The molecular weight excluding hydrogens is 575 g/mol. The van der Waals surface area contributed by atoms with Crippen molar-refractivity contribution >= 4 is 21.5 Å². The van der Waals surface area contributed by atoms with Crippen molar-refractivity contribution in [2.45, 2.75) is 52.4 Å². The molecule has 0 aromatic heterocycles. The van der Waals surface area contributed by atoms with Gasteiger partial charge in [-0.1, -0.05) is 138 Å². The zero-order valence-corrected chi connectivity index (χ0v) is 27.9. The van der Waals surface area contributed by atoms with Crippen LogP contribution in [0.15, 0.2) is 121 Å². The Labute approximate surface area is 273 Å². The van der Waals surface area contributed by atoms with Gasteiger partial charge in [-0.05, 0) is 22.0 Å². The third-order valence-electron chi connectivity index (χ3n) is 7.40. The van der Waals surface area contributed by atoms with Crippen molar-refractivity contribution in [2.24, 2.45) is 0 Å². The van der Waals surface area contributed by atoms with Crippen LogP contribution in [0, 0.1) is 0 Å². The summed E-state index contributed by atoms with van der Waals surface area (Å²) in [5, 5.41) is 5.27. The van der Waals surface area contributed by atoms with E-state index in [2.05, 4.69) is 163 Å². The van der Waals surface area contributed by atoms with Gasteiger partial charge in [0.15, 0.2) is 0 Å². The minimum Gasteiger partial charge on any atom is -1.00 e. The van der Waals surface area contributed by atoms with E-state index in [0.29, 0.717) is 0 Å². The molecule has 208 valence electrons. The Balaban J connectivity index is 0.000000267. The van der Waals surface area contributed by atoms with Gasteiger partial charge in [0.2, 0.25) is 0 Å². The summed E-state index contributed by atoms with van der Waals surface area (Å²) >= 11 is 0. The first kappa shape index (κ1) is 34.6. The summed E-state index contributed by atoms with van der Waals surface area (Å²) in [5.41, 5.74) is 8.40. The van der Waals surface area contributed by atoms with Crippen LogP contribution in [0.4, 0.5) is 0 Å². The van der Waals surface area contributed by atoms with Gasteiger partial charge in [-0.3, -0.25) is 0 Å². The number of benzene rings is 4. The molecule has 6 aromatic carbocycles. The number of halogens is 2. The molecule has 0 unspecified atom stereocenters. The van der Waals surface area contributed by atoms with E-state index in [0.717, 1.165) is 0 Å². The van der Waals surface area contributed by atoms with Crippen LogP contribution in [-0.4, -0.2) is 0 Å². The Bertz CT molecular complexity index is 1460. The molecule has 0 aliphatic carbocycles. The average molecular weight is 613 g/mol. The quantitative estimate of drug-likeness (QED) is 0.190. The molecule has 0 N–H and O–H groups in total. The number of rotatable bonds is 2. The molecule has 41 heavy (non-hydrogen) atoms. The van der Waals surface area contributed by atoms with E-state index >= 15 is 0 Å². The fourth-order valence-electron chi connectivity index (χ4n) is 4.96. The third kappa shape index (κ3) is 8.24. The molecule has 0 nitrogen and oxygen atoms in total. The van der Waals surface area contributed by atoms with Gasteiger partial charge in [0, 0.05) is 0 Å². The second-order valence-electron chi connectivity index (χ2n) is 12.4. The van der Waals surface area contributed by atoms with E-state index in [9.17, 15) is 0 Å². The molecule has 3 heteroatoms. The Morgan fingerprint density at radius 1 is 0.439 bits per heavy atom. The largest absolute Gasteiger partial charge is 4.00 e. The predicted molar refractivity (Wildman–Crippen MR) is 167 cm³/mol. The fourth-order valence-corrected chi connectivity index (χ4v) is 4.96. The zero-order chi connectivity index (χ0) is 26.9. The summed E-state index contributed by atoms with van der Waals surface area (Å²) in [6, 6.07) is 44.0. The monoisotopic (exact) mass is 612 g/mol. The maximum absolute atomic E-state index is 2.27. The van der Waals surface area contributed by atoms with Gasteiger partial charge < -0.3 is 24.8 Å². The third-order valence-corrected chi connectivity index (χ3v) is 7.40. The van der Waals surface area contributed by atoms with Gasteiger partial charge >= 0.3 is 21.7 Å². The molecule has 6 rings (SSSR count). The van der Waals surface area contributed by atoms with Gasteiger partial charge in [0.1, 0.15) is 0 Å². The molecule has 0 bridgehead atoms. The first-order valence-corrected chi connectivity index (χ1v) is 13.6. The van der Waals surface area contributed by atoms with Gasteiger partial charge in [-0.2, -0.15) is 0 Å². The normalized spacial score (nSPS) is 11.1. The van der Waals surface area contributed by atoms with Crippen LogP contribution in [0.5, 0.6) is 0 Å². The second-order valence-corrected chi connectivity index (χ2v) is 12.4. The van der Waals surface area contributed by atoms with E-state index in [1.54, 1.807) is 0 Å². The SMILES string of the molecule is CC(C)(C)c1ccc(-c2cc3ccccc3[cH-]2)cc1.CC(C)(C)c1ccc(-c2cc3ccccc3[cH-]2)cc1.[Cl-].[Cl-].[Ti+4]. The molecule has 0 atom stereocenters. The summed E-state index contributed by atoms with van der Waals surface area (Å²) in [5.74, 6) is 0. The first-order valence-electron chi connectivity index (χ1n) is 13.6. The molecular formula is C38H38Cl2Ti. The zero-order valence-electron chi connectivity index (χ0n) is 24.8. The molecule has 0 spiro atoms. The number of fused-ring (bicyclic) bond motifs is 2. The number of hydrogen-bond acceptors (Lipinski definition) is 0. The van der Waals surface area contributed by atoms with Crippen molar-refractivity contribution < 1.29 is 46.5 Å². The Hall–Kier alpha value is -2.61. The fraction of sp³-hybridized carbons (Fsp3) is 0.211. The molecule has 0 fully saturated rings. The molecule has 0 aliphatic rings. The van der Waals surface area contributed by atoms with Gasteiger partial charge in [0.05, 0.1) is 0 Å². The van der Waals surface area contributed by atoms with E-state index < -0.39 is 0 Å². The van der Waals surface area contributed by atoms with Crippen LogP contribution in [0.2, 0.25) is 0 Å². The Morgan fingerprint density at radius 2 is 0.756 bits per heavy atom. The smallest absolute Gasteiger partial charge is 1.00 e. The van der Waals surface area contributed by atoms with Crippen LogP contribution in [0.1, 0.15) is 52.7 Å². The van der Waals surface area contributed by atoms with Crippen LogP contribution in [-0.2, 0) is 32.5 Å². The van der Waals surface area contributed by atoms with Crippen molar-refractivity contribution in [2.75, 3.05) is 0 Å². The Morgan fingerprint density at radius 3 is 1.05 bits per heavy atom. The summed E-state index contributed by atoms with van der Waals surface area (Å²) in [6.07, 6.45) is 0. The molecule has 0 heterocycles. The second kappa shape index (κ2) is 14.0. The minimum atomic E-state index is 0. The van der Waals surface area contributed by atoms with Crippen molar-refractivity contribution in [3.63, 3.8) is 0 Å². The maximum atomic E-state index is 2.27. The van der Waals surface area contributed by atoms with Crippen molar-refractivity contribution in [1.82, 2.24) is 0 Å². The average Bonchev–Trinajstić information content (AvgIpc) is 3.53. The van der Waals surface area contributed by atoms with E-state index in [1.165, 1.54) is 54.9 Å². The van der Waals surface area contributed by atoms with Crippen LogP contribution in [0.25, 0.3) is 43.8 Å². The van der Waals surface area contributed by atoms with E-state index in [1.807, 2.05) is 0 Å². The standard InChI is InChI=1S/2C19H19.2ClH.Ti/c2*1-19(2,3)18-10-8-14(9-11-18)17-12-15-6-4-5-7-16(15)13-17;;;/h2*4-13H,1-3H3;2*1H;/q2*-1;;;+4/p-2. The molecule has 0 saturated heterocycles. The molecule has 0 amide bonds. The molecule has 0 aliphatic heterocycles. The van der Waals surface area contributed by atoms with E-state index in [-0.39, 0.29) is 57.4 Å². The minimum absolute atomic E-state index is 0. The van der Waals surface area contributed by atoms with Crippen LogP contribution in [0.3, 0.4) is 0 Å². The summed E-state index contributed by atoms with van der Waals surface area (Å²) in [4.78, 5) is 0. The van der Waals surface area contributed by atoms with Crippen molar-refractivity contribution in [3.05, 3.63) is 132 Å². The van der Waals surface area contributed by atoms with Crippen LogP contribution >= 0.6 is 0 Å². The van der Waals surface area contributed by atoms with Gasteiger partial charge in [-0.25, -0.2) is 0 Å². The summed E-state index contributed by atoms with van der Waals surface area (Å²) in [7, 11) is 0. The number of hydrogen-bond donors (Lipinski definition) is 0.